The summed E-state index contributed by atoms with van der Waals surface area (Å²) in [4.78, 5) is 0. The molecule has 9 nitrogen and oxygen atoms in total. The number of aliphatic hydroxyl groups excluding tert-OH is 6. The van der Waals surface area contributed by atoms with E-state index in [9.17, 15) is 29.2 Å². The fourth-order valence-corrected chi connectivity index (χ4v) is 2.53. The van der Waals surface area contributed by atoms with Crippen LogP contribution in [-0.4, -0.2) is 105 Å². The second-order valence-corrected chi connectivity index (χ2v) is 5.44. The molecule has 2 aliphatic heterocycles. The Labute approximate surface area is 129 Å². The van der Waals surface area contributed by atoms with Crippen LogP contribution in [0.1, 0.15) is 0 Å². The van der Waals surface area contributed by atoms with Gasteiger partial charge in [0.2, 0.25) is 6.36 Å². The summed E-state index contributed by atoms with van der Waals surface area (Å²) in [6, 6.07) is 0. The Morgan fingerprint density at radius 2 is 1.39 bits per heavy atom. The van der Waals surface area contributed by atoms with Crippen LogP contribution < -0.4 is 0 Å². The molecule has 2 aliphatic rings. The molecule has 2 heterocycles. The number of halogens is 2. The van der Waals surface area contributed by atoms with Crippen LogP contribution >= 0.6 is 0 Å². The lowest BCUT2D eigenvalue weighted by atomic mass is 9.97. The maximum atomic E-state index is 13.5. The third-order valence-corrected chi connectivity index (χ3v) is 3.90. The summed E-state index contributed by atoms with van der Waals surface area (Å²) in [5.41, 5.74) is 0. The molecule has 2 saturated heterocycles. The molecule has 0 saturated carbocycles. The van der Waals surface area contributed by atoms with Crippen molar-refractivity contribution in [2.24, 2.45) is 0 Å². The van der Waals surface area contributed by atoms with Crippen LogP contribution in [0.4, 0.5) is 8.78 Å². The largest absolute Gasteiger partial charge is 0.394 e. The molecule has 2 rings (SSSR count). The Hall–Kier alpha value is -0.500. The molecule has 0 aromatic carbocycles. The first-order chi connectivity index (χ1) is 10.8. The average molecular weight is 346 g/mol. The van der Waals surface area contributed by atoms with Crippen molar-refractivity contribution in [3.05, 3.63) is 0 Å². The van der Waals surface area contributed by atoms with Gasteiger partial charge in [-0.1, -0.05) is 0 Å². The van der Waals surface area contributed by atoms with E-state index in [1.807, 2.05) is 0 Å². The summed E-state index contributed by atoms with van der Waals surface area (Å²) in [6.07, 6.45) is -18.1. The Morgan fingerprint density at radius 1 is 0.783 bits per heavy atom. The highest BCUT2D eigenvalue weighted by Gasteiger charge is 2.51. The molecule has 0 aromatic heterocycles. The highest BCUT2D eigenvalue weighted by molar-refractivity contribution is 4.93. The van der Waals surface area contributed by atoms with Gasteiger partial charge in [0.15, 0.2) is 12.5 Å². The van der Waals surface area contributed by atoms with Gasteiger partial charge in [-0.25, -0.2) is 8.78 Å². The van der Waals surface area contributed by atoms with E-state index < -0.39 is 74.8 Å². The van der Waals surface area contributed by atoms with Crippen molar-refractivity contribution in [3.8, 4) is 0 Å². The topological polar surface area (TPSA) is 149 Å². The van der Waals surface area contributed by atoms with Gasteiger partial charge in [-0.05, 0) is 0 Å². The van der Waals surface area contributed by atoms with Gasteiger partial charge in [0.25, 0.3) is 0 Å². The maximum absolute atomic E-state index is 13.5. The summed E-state index contributed by atoms with van der Waals surface area (Å²) < 4.78 is 41.4. The molecule has 11 heteroatoms. The summed E-state index contributed by atoms with van der Waals surface area (Å²) in [5, 5.41) is 57.0. The Morgan fingerprint density at radius 3 is 1.96 bits per heavy atom. The quantitative estimate of drug-likeness (QED) is 0.306. The zero-order valence-corrected chi connectivity index (χ0v) is 11.9. The molecule has 0 aromatic rings. The summed E-state index contributed by atoms with van der Waals surface area (Å²) in [5.74, 6) is 0. The van der Waals surface area contributed by atoms with Crippen molar-refractivity contribution in [2.75, 3.05) is 13.2 Å². The van der Waals surface area contributed by atoms with Crippen LogP contribution in [0, 0.1) is 0 Å². The number of alkyl halides is 2. The van der Waals surface area contributed by atoms with E-state index in [0.29, 0.717) is 0 Å². The molecule has 0 unspecified atom stereocenters. The van der Waals surface area contributed by atoms with Crippen LogP contribution in [0.2, 0.25) is 0 Å². The minimum Gasteiger partial charge on any atom is -0.394 e. The van der Waals surface area contributed by atoms with Gasteiger partial charge < -0.3 is 44.8 Å². The minimum absolute atomic E-state index is 0.712. The van der Waals surface area contributed by atoms with Gasteiger partial charge in [-0.3, -0.25) is 0 Å². The molecular weight excluding hydrogens is 326 g/mol. The van der Waals surface area contributed by atoms with Crippen molar-refractivity contribution < 1.29 is 53.6 Å². The number of hydrogen-bond donors (Lipinski definition) is 6. The van der Waals surface area contributed by atoms with Gasteiger partial charge in [-0.15, -0.1) is 0 Å². The van der Waals surface area contributed by atoms with Crippen LogP contribution in [0.15, 0.2) is 0 Å². The third-order valence-electron chi connectivity index (χ3n) is 3.90. The van der Waals surface area contributed by atoms with Crippen molar-refractivity contribution >= 4 is 0 Å². The second-order valence-electron chi connectivity index (χ2n) is 5.44. The predicted octanol–water partition coefficient (Wildman–Crippen LogP) is -3.44. The zero-order chi connectivity index (χ0) is 17.3. The zero-order valence-electron chi connectivity index (χ0n) is 11.9. The van der Waals surface area contributed by atoms with Crippen molar-refractivity contribution in [3.63, 3.8) is 0 Å². The molecule has 0 aliphatic carbocycles. The van der Waals surface area contributed by atoms with Crippen molar-refractivity contribution in [2.45, 2.75) is 61.5 Å². The van der Waals surface area contributed by atoms with E-state index in [0.717, 1.165) is 0 Å². The summed E-state index contributed by atoms with van der Waals surface area (Å²) in [7, 11) is 0. The smallest absolute Gasteiger partial charge is 0.233 e. The standard InChI is InChI=1S/C12H20F2O9/c13-5-7(18)10(4(2-16)21-11(5)14)23-12-9(20)8(19)6(17)3(1-15)22-12/h3-12,15-20H,1-2H2/t3-,4+,5+,6-,7+,8+,9-,10+,11-,12-/m0/s1. The molecule has 10 atom stereocenters. The summed E-state index contributed by atoms with van der Waals surface area (Å²) >= 11 is 0. The number of ether oxygens (including phenoxy) is 3. The molecule has 0 spiro atoms. The van der Waals surface area contributed by atoms with Gasteiger partial charge >= 0.3 is 0 Å². The molecule has 0 amide bonds. The molecule has 23 heavy (non-hydrogen) atoms. The number of hydrogen-bond acceptors (Lipinski definition) is 9. The lowest BCUT2D eigenvalue weighted by Crippen LogP contribution is -2.63. The molecule has 136 valence electrons. The van der Waals surface area contributed by atoms with Gasteiger partial charge in [0.1, 0.15) is 42.7 Å². The molecule has 0 bridgehead atoms. The van der Waals surface area contributed by atoms with E-state index in [4.69, 9.17) is 19.7 Å². The molecular formula is C12H20F2O9. The Balaban J connectivity index is 2.11. The summed E-state index contributed by atoms with van der Waals surface area (Å²) in [6.45, 7) is -1.53. The van der Waals surface area contributed by atoms with E-state index in [1.54, 1.807) is 0 Å². The monoisotopic (exact) mass is 346 g/mol. The molecule has 6 N–H and O–H groups in total. The third kappa shape index (κ3) is 3.62. The highest BCUT2D eigenvalue weighted by Crippen LogP contribution is 2.30. The fraction of sp³-hybridized carbons (Fsp3) is 1.00. The lowest BCUT2D eigenvalue weighted by molar-refractivity contribution is -0.345. The molecule has 0 radical (unpaired) electrons. The van der Waals surface area contributed by atoms with E-state index in [2.05, 4.69) is 4.74 Å². The first kappa shape index (κ1) is 18.8. The fourth-order valence-electron chi connectivity index (χ4n) is 2.53. The normalized spacial score (nSPS) is 51.7. The SMILES string of the molecule is OC[C@@H]1O[C@@H](O[C@H]2[C@H](O)[C@@H](F)[C@@H](F)O[C@@H]2CO)[C@@H](O)[C@H](O)[C@H]1O. The minimum atomic E-state index is -2.46. The highest BCUT2D eigenvalue weighted by atomic mass is 19.2. The van der Waals surface area contributed by atoms with Crippen LogP contribution in [0.25, 0.3) is 0 Å². The Kier molecular flexibility index (Phi) is 6.22. The van der Waals surface area contributed by atoms with Crippen LogP contribution in [0.3, 0.4) is 0 Å². The number of aliphatic hydroxyl groups is 6. The van der Waals surface area contributed by atoms with E-state index in [1.165, 1.54) is 0 Å². The van der Waals surface area contributed by atoms with E-state index >= 15 is 0 Å². The van der Waals surface area contributed by atoms with Crippen molar-refractivity contribution in [1.29, 1.82) is 0 Å². The van der Waals surface area contributed by atoms with Gasteiger partial charge in [-0.2, -0.15) is 0 Å². The van der Waals surface area contributed by atoms with Crippen molar-refractivity contribution in [1.82, 2.24) is 0 Å². The molecule has 2 fully saturated rings. The maximum Gasteiger partial charge on any atom is 0.233 e. The van der Waals surface area contributed by atoms with Gasteiger partial charge in [0, 0.05) is 0 Å². The number of rotatable bonds is 4. The van der Waals surface area contributed by atoms with E-state index in [-0.39, 0.29) is 0 Å². The van der Waals surface area contributed by atoms with Gasteiger partial charge in [0.05, 0.1) is 13.2 Å². The Bertz CT molecular complexity index is 386. The van der Waals surface area contributed by atoms with Crippen LogP contribution in [-0.2, 0) is 14.2 Å². The average Bonchev–Trinajstić information content (AvgIpc) is 2.55. The van der Waals surface area contributed by atoms with Crippen LogP contribution in [0.5, 0.6) is 0 Å². The second kappa shape index (κ2) is 7.59. The first-order valence-corrected chi connectivity index (χ1v) is 7.00. The first-order valence-electron chi connectivity index (χ1n) is 7.00. The lowest BCUT2D eigenvalue weighted by Gasteiger charge is -2.44. The predicted molar refractivity (Wildman–Crippen MR) is 66.4 cm³/mol.